The van der Waals surface area contributed by atoms with E-state index < -0.39 is 0 Å². The van der Waals surface area contributed by atoms with Gasteiger partial charge in [-0.2, -0.15) is 0 Å². The molecule has 2 N–H and O–H groups in total. The largest absolute Gasteiger partial charge is 0.497 e. The van der Waals surface area contributed by atoms with Crippen molar-refractivity contribution in [2.75, 3.05) is 18.2 Å². The lowest BCUT2D eigenvalue weighted by Gasteiger charge is -2.11. The number of nitrogens with zero attached hydrogens (tertiary/aromatic N) is 3. The Morgan fingerprint density at radius 3 is 2.53 bits per heavy atom. The fourth-order valence-electron chi connectivity index (χ4n) is 3.01. The lowest BCUT2D eigenvalue weighted by Crippen LogP contribution is -2.24. The van der Waals surface area contributed by atoms with E-state index in [1.54, 1.807) is 60.2 Å². The van der Waals surface area contributed by atoms with Crippen molar-refractivity contribution < 1.29 is 18.7 Å². The summed E-state index contributed by atoms with van der Waals surface area (Å²) in [5.74, 6) is 0.394. The third-order valence-electron chi connectivity index (χ3n) is 4.64. The number of halogens is 1. The first-order valence-corrected chi connectivity index (χ1v) is 12.0. The molecule has 0 saturated carbocycles. The second-order valence-electron chi connectivity index (χ2n) is 6.94. The summed E-state index contributed by atoms with van der Waals surface area (Å²) < 4.78 is 20.3. The molecule has 174 valence electrons. The van der Waals surface area contributed by atoms with Crippen LogP contribution in [-0.2, 0) is 11.3 Å². The Morgan fingerprint density at radius 1 is 1.09 bits per heavy atom. The predicted octanol–water partition coefficient (Wildman–Crippen LogP) is 4.14. The van der Waals surface area contributed by atoms with E-state index in [9.17, 15) is 14.0 Å². The highest BCUT2D eigenvalue weighted by atomic mass is 32.2. The number of thiophene rings is 1. The molecule has 4 aromatic rings. The van der Waals surface area contributed by atoms with Crippen LogP contribution in [0, 0.1) is 5.82 Å². The molecule has 0 spiro atoms. The van der Waals surface area contributed by atoms with E-state index in [0.29, 0.717) is 33.0 Å². The Balaban J connectivity index is 1.47. The molecule has 0 bridgehead atoms. The van der Waals surface area contributed by atoms with E-state index in [2.05, 4.69) is 20.8 Å². The van der Waals surface area contributed by atoms with Gasteiger partial charge in [0.25, 0.3) is 5.91 Å². The minimum atomic E-state index is -0.377. The highest BCUT2D eigenvalue weighted by molar-refractivity contribution is 7.99. The standard InChI is InChI=1S/C23H20FN5O3S2/c1-32-18-10-6-16(7-11-18)26-21(30)14-34-23-28-27-20(13-25-22(31)19-3-2-12-33-19)29(23)17-8-4-15(24)5-9-17/h2-12H,13-14H2,1H3,(H,25,31)(H,26,30). The molecule has 0 saturated heterocycles. The molecule has 0 aliphatic rings. The molecule has 0 atom stereocenters. The number of hydrogen-bond donors (Lipinski definition) is 2. The van der Waals surface area contributed by atoms with Crippen LogP contribution in [0.3, 0.4) is 0 Å². The number of ether oxygens (including phenoxy) is 1. The van der Waals surface area contributed by atoms with Crippen molar-refractivity contribution >= 4 is 40.6 Å². The normalized spacial score (nSPS) is 10.6. The molecule has 0 aliphatic heterocycles. The van der Waals surface area contributed by atoms with Gasteiger partial charge in [-0.3, -0.25) is 14.2 Å². The number of rotatable bonds is 9. The number of nitrogens with one attached hydrogen (secondary N) is 2. The van der Waals surface area contributed by atoms with Gasteiger partial charge in [-0.15, -0.1) is 21.5 Å². The van der Waals surface area contributed by atoms with Crippen LogP contribution in [0.1, 0.15) is 15.5 Å². The number of benzene rings is 2. The van der Waals surface area contributed by atoms with Crippen molar-refractivity contribution in [2.24, 2.45) is 0 Å². The Morgan fingerprint density at radius 2 is 1.85 bits per heavy atom. The second kappa shape index (κ2) is 10.9. The molecule has 8 nitrogen and oxygen atoms in total. The molecule has 0 unspecified atom stereocenters. The molecule has 0 radical (unpaired) electrons. The Hall–Kier alpha value is -3.70. The van der Waals surface area contributed by atoms with Crippen molar-refractivity contribution in [1.29, 1.82) is 0 Å². The smallest absolute Gasteiger partial charge is 0.261 e. The zero-order chi connectivity index (χ0) is 23.9. The molecular weight excluding hydrogens is 477 g/mol. The van der Waals surface area contributed by atoms with Crippen molar-refractivity contribution in [3.8, 4) is 11.4 Å². The van der Waals surface area contributed by atoms with Crippen LogP contribution in [0.15, 0.2) is 71.2 Å². The molecule has 2 amide bonds. The summed E-state index contributed by atoms with van der Waals surface area (Å²) in [6.45, 7) is 0.111. The third kappa shape index (κ3) is 5.80. The summed E-state index contributed by atoms with van der Waals surface area (Å²) in [6.07, 6.45) is 0. The van der Waals surface area contributed by atoms with Gasteiger partial charge in [0.2, 0.25) is 5.91 Å². The van der Waals surface area contributed by atoms with Crippen LogP contribution < -0.4 is 15.4 Å². The number of carbonyl (C=O) groups is 2. The zero-order valence-corrected chi connectivity index (χ0v) is 19.7. The molecule has 34 heavy (non-hydrogen) atoms. The summed E-state index contributed by atoms with van der Waals surface area (Å²) in [7, 11) is 1.57. The van der Waals surface area contributed by atoms with Crippen molar-refractivity contribution in [3.63, 3.8) is 0 Å². The van der Waals surface area contributed by atoms with Gasteiger partial charge in [-0.1, -0.05) is 17.8 Å². The zero-order valence-electron chi connectivity index (χ0n) is 18.0. The lowest BCUT2D eigenvalue weighted by atomic mass is 10.3. The van der Waals surface area contributed by atoms with E-state index in [4.69, 9.17) is 4.74 Å². The molecule has 2 aromatic carbocycles. The Bertz CT molecular complexity index is 1260. The number of amides is 2. The van der Waals surface area contributed by atoms with Gasteiger partial charge in [0.1, 0.15) is 11.6 Å². The van der Waals surface area contributed by atoms with E-state index in [1.165, 1.54) is 35.2 Å². The van der Waals surface area contributed by atoms with E-state index >= 15 is 0 Å². The molecule has 0 fully saturated rings. The van der Waals surface area contributed by atoms with Gasteiger partial charge in [0.15, 0.2) is 11.0 Å². The van der Waals surface area contributed by atoms with Crippen LogP contribution in [-0.4, -0.2) is 39.4 Å². The SMILES string of the molecule is COc1ccc(NC(=O)CSc2nnc(CNC(=O)c3cccs3)n2-c2ccc(F)cc2)cc1. The highest BCUT2D eigenvalue weighted by Gasteiger charge is 2.17. The van der Waals surface area contributed by atoms with Crippen LogP contribution >= 0.6 is 23.1 Å². The fraction of sp³-hybridized carbons (Fsp3) is 0.130. The number of anilines is 1. The molecular formula is C23H20FN5O3S2. The highest BCUT2D eigenvalue weighted by Crippen LogP contribution is 2.23. The van der Waals surface area contributed by atoms with Crippen molar-refractivity contribution in [2.45, 2.75) is 11.7 Å². The van der Waals surface area contributed by atoms with Crippen LogP contribution in [0.2, 0.25) is 0 Å². The maximum atomic E-state index is 13.5. The number of thioether (sulfide) groups is 1. The Kier molecular flexibility index (Phi) is 7.55. The summed E-state index contributed by atoms with van der Waals surface area (Å²) in [6, 6.07) is 16.4. The maximum Gasteiger partial charge on any atom is 0.261 e. The number of methoxy groups -OCH3 is 1. The maximum absolute atomic E-state index is 13.5. The summed E-state index contributed by atoms with van der Waals surface area (Å²) in [5.41, 5.74) is 1.26. The van der Waals surface area contributed by atoms with E-state index in [1.807, 2.05) is 5.38 Å². The second-order valence-corrected chi connectivity index (χ2v) is 8.83. The number of hydrogen-bond acceptors (Lipinski definition) is 7. The topological polar surface area (TPSA) is 98.1 Å². The van der Waals surface area contributed by atoms with Crippen molar-refractivity contribution in [3.05, 3.63) is 82.6 Å². The number of aromatic nitrogens is 3. The predicted molar refractivity (Wildman–Crippen MR) is 129 cm³/mol. The summed E-state index contributed by atoms with van der Waals surface area (Å²) >= 11 is 2.52. The van der Waals surface area contributed by atoms with Gasteiger partial charge >= 0.3 is 0 Å². The molecule has 2 aromatic heterocycles. The minimum absolute atomic E-state index is 0.0763. The van der Waals surface area contributed by atoms with Crippen LogP contribution in [0.4, 0.5) is 10.1 Å². The monoisotopic (exact) mass is 497 g/mol. The average Bonchev–Trinajstić information content (AvgIpc) is 3.53. The number of carbonyl (C=O) groups excluding carboxylic acids is 2. The average molecular weight is 498 g/mol. The quantitative estimate of drug-likeness (QED) is 0.338. The first-order chi connectivity index (χ1) is 16.5. The molecule has 11 heteroatoms. The van der Waals surface area contributed by atoms with Gasteiger partial charge < -0.3 is 15.4 Å². The van der Waals surface area contributed by atoms with Gasteiger partial charge in [0.05, 0.1) is 24.3 Å². The van der Waals surface area contributed by atoms with Gasteiger partial charge in [-0.25, -0.2) is 4.39 Å². The minimum Gasteiger partial charge on any atom is -0.497 e. The first kappa shape index (κ1) is 23.5. The Labute approximate surface area is 203 Å². The van der Waals surface area contributed by atoms with Crippen molar-refractivity contribution in [1.82, 2.24) is 20.1 Å². The van der Waals surface area contributed by atoms with E-state index in [0.717, 1.165) is 0 Å². The van der Waals surface area contributed by atoms with Gasteiger partial charge in [-0.05, 0) is 60.0 Å². The van der Waals surface area contributed by atoms with Crippen LogP contribution in [0.5, 0.6) is 5.75 Å². The van der Waals surface area contributed by atoms with Crippen LogP contribution in [0.25, 0.3) is 5.69 Å². The summed E-state index contributed by atoms with van der Waals surface area (Å²) in [5, 5.41) is 16.3. The lowest BCUT2D eigenvalue weighted by molar-refractivity contribution is -0.113. The molecule has 2 heterocycles. The van der Waals surface area contributed by atoms with E-state index in [-0.39, 0.29) is 29.9 Å². The molecule has 4 rings (SSSR count). The summed E-state index contributed by atoms with van der Waals surface area (Å²) in [4.78, 5) is 25.4. The first-order valence-electron chi connectivity index (χ1n) is 10.1. The third-order valence-corrected chi connectivity index (χ3v) is 6.44. The fourth-order valence-corrected chi connectivity index (χ4v) is 4.42. The van der Waals surface area contributed by atoms with Gasteiger partial charge in [0, 0.05) is 11.4 Å². The molecule has 0 aliphatic carbocycles.